The lowest BCUT2D eigenvalue weighted by molar-refractivity contribution is -0.129. The van der Waals surface area contributed by atoms with Crippen LogP contribution < -0.4 is 0 Å². The van der Waals surface area contributed by atoms with Gasteiger partial charge in [0.05, 0.1) is 0 Å². The first-order valence-electron chi connectivity index (χ1n) is 5.55. The van der Waals surface area contributed by atoms with Gasteiger partial charge in [-0.2, -0.15) is 0 Å². The Bertz CT molecular complexity index is 334. The predicted octanol–water partition coefficient (Wildman–Crippen LogP) is 2.99. The Morgan fingerprint density at radius 3 is 2.31 bits per heavy atom. The lowest BCUT2D eigenvalue weighted by atomic mass is 10.1. The van der Waals surface area contributed by atoms with Crippen molar-refractivity contribution in [2.24, 2.45) is 0 Å². The van der Waals surface area contributed by atoms with Crippen LogP contribution >= 0.6 is 15.9 Å². The van der Waals surface area contributed by atoms with E-state index in [1.54, 1.807) is 4.90 Å². The van der Waals surface area contributed by atoms with Crippen LogP contribution in [0.4, 0.5) is 0 Å². The van der Waals surface area contributed by atoms with Gasteiger partial charge in [-0.25, -0.2) is 0 Å². The maximum Gasteiger partial charge on any atom is 0.223 e. The molecule has 0 N–H and O–H groups in total. The zero-order chi connectivity index (χ0) is 12.0. The van der Waals surface area contributed by atoms with E-state index in [9.17, 15) is 4.79 Å². The molecule has 0 saturated heterocycles. The molecule has 88 valence electrons. The molecule has 0 unspecified atom stereocenters. The third-order valence-electron chi connectivity index (χ3n) is 2.59. The van der Waals surface area contributed by atoms with Gasteiger partial charge >= 0.3 is 0 Å². The molecule has 0 saturated carbocycles. The zero-order valence-electron chi connectivity index (χ0n) is 9.87. The number of hydrogen-bond acceptors (Lipinski definition) is 1. The molecule has 16 heavy (non-hydrogen) atoms. The van der Waals surface area contributed by atoms with Crippen molar-refractivity contribution in [2.45, 2.75) is 26.3 Å². The molecule has 0 fully saturated rings. The molecule has 3 heteroatoms. The van der Waals surface area contributed by atoms with Crippen molar-refractivity contribution in [1.29, 1.82) is 0 Å². The van der Waals surface area contributed by atoms with Gasteiger partial charge in [0.1, 0.15) is 0 Å². The summed E-state index contributed by atoms with van der Waals surface area (Å²) >= 11 is 3.28. The standard InChI is InChI=1S/C13H18BrNO/c1-3-11-4-6-12(7-5-11)10-15(2)13(16)8-9-14/h4-7H,3,8-10H2,1-2H3. The zero-order valence-corrected chi connectivity index (χ0v) is 11.5. The highest BCUT2D eigenvalue weighted by Crippen LogP contribution is 2.08. The smallest absolute Gasteiger partial charge is 0.223 e. The molecular weight excluding hydrogens is 266 g/mol. The van der Waals surface area contributed by atoms with E-state index < -0.39 is 0 Å². The van der Waals surface area contributed by atoms with Crippen LogP contribution in [0.5, 0.6) is 0 Å². The maximum absolute atomic E-state index is 11.6. The van der Waals surface area contributed by atoms with E-state index in [1.807, 2.05) is 7.05 Å². The minimum Gasteiger partial charge on any atom is -0.341 e. The van der Waals surface area contributed by atoms with Crippen molar-refractivity contribution >= 4 is 21.8 Å². The molecule has 0 aliphatic heterocycles. The Morgan fingerprint density at radius 1 is 1.25 bits per heavy atom. The molecular formula is C13H18BrNO. The summed E-state index contributed by atoms with van der Waals surface area (Å²) < 4.78 is 0. The second-order valence-electron chi connectivity index (χ2n) is 3.86. The fraction of sp³-hybridized carbons (Fsp3) is 0.462. The van der Waals surface area contributed by atoms with E-state index >= 15 is 0 Å². The average Bonchev–Trinajstić information content (AvgIpc) is 2.30. The first kappa shape index (κ1) is 13.2. The highest BCUT2D eigenvalue weighted by atomic mass is 79.9. The molecule has 0 aromatic heterocycles. The molecule has 0 aliphatic rings. The largest absolute Gasteiger partial charge is 0.341 e. The van der Waals surface area contributed by atoms with Gasteiger partial charge in [0.15, 0.2) is 0 Å². The minimum absolute atomic E-state index is 0.177. The number of rotatable bonds is 5. The van der Waals surface area contributed by atoms with Crippen LogP contribution in [0.25, 0.3) is 0 Å². The van der Waals surface area contributed by atoms with Crippen LogP contribution in [0.3, 0.4) is 0 Å². The number of aryl methyl sites for hydroxylation is 1. The van der Waals surface area contributed by atoms with Gasteiger partial charge in [0.2, 0.25) is 5.91 Å². The van der Waals surface area contributed by atoms with E-state index in [4.69, 9.17) is 0 Å². The lowest BCUT2D eigenvalue weighted by Crippen LogP contribution is -2.26. The summed E-state index contributed by atoms with van der Waals surface area (Å²) in [5, 5.41) is 0.727. The van der Waals surface area contributed by atoms with Crippen molar-refractivity contribution in [3.05, 3.63) is 35.4 Å². The second-order valence-corrected chi connectivity index (χ2v) is 4.65. The first-order chi connectivity index (χ1) is 7.67. The van der Waals surface area contributed by atoms with Gasteiger partial charge in [-0.15, -0.1) is 0 Å². The molecule has 1 aromatic rings. The Hall–Kier alpha value is -0.830. The number of halogens is 1. The SMILES string of the molecule is CCc1ccc(CN(C)C(=O)CCBr)cc1. The van der Waals surface area contributed by atoms with Crippen molar-refractivity contribution in [2.75, 3.05) is 12.4 Å². The molecule has 1 amide bonds. The number of carbonyl (C=O) groups excluding carboxylic acids is 1. The van der Waals surface area contributed by atoms with Crippen molar-refractivity contribution in [3.8, 4) is 0 Å². The minimum atomic E-state index is 0.177. The average molecular weight is 284 g/mol. The Morgan fingerprint density at radius 2 is 1.81 bits per heavy atom. The number of benzene rings is 1. The normalized spacial score (nSPS) is 10.2. The molecule has 0 spiro atoms. The summed E-state index contributed by atoms with van der Waals surface area (Å²) in [4.78, 5) is 13.3. The summed E-state index contributed by atoms with van der Waals surface area (Å²) in [6.07, 6.45) is 1.61. The summed E-state index contributed by atoms with van der Waals surface area (Å²) in [6.45, 7) is 2.83. The number of hydrogen-bond donors (Lipinski definition) is 0. The maximum atomic E-state index is 11.6. The van der Waals surface area contributed by atoms with E-state index in [0.29, 0.717) is 13.0 Å². The van der Waals surface area contributed by atoms with Gasteiger partial charge in [0, 0.05) is 25.3 Å². The number of nitrogens with zero attached hydrogens (tertiary/aromatic N) is 1. The fourth-order valence-corrected chi connectivity index (χ4v) is 1.85. The highest BCUT2D eigenvalue weighted by molar-refractivity contribution is 9.09. The first-order valence-corrected chi connectivity index (χ1v) is 6.67. The van der Waals surface area contributed by atoms with E-state index in [2.05, 4.69) is 47.1 Å². The monoisotopic (exact) mass is 283 g/mol. The van der Waals surface area contributed by atoms with Crippen LogP contribution in [0.15, 0.2) is 24.3 Å². The van der Waals surface area contributed by atoms with Crippen LogP contribution in [0.2, 0.25) is 0 Å². The molecule has 0 radical (unpaired) electrons. The van der Waals surface area contributed by atoms with E-state index in [-0.39, 0.29) is 5.91 Å². The van der Waals surface area contributed by atoms with E-state index in [1.165, 1.54) is 11.1 Å². The molecule has 2 nitrogen and oxygen atoms in total. The Kier molecular flexibility index (Phi) is 5.53. The summed E-state index contributed by atoms with van der Waals surface area (Å²) in [5.74, 6) is 0.177. The van der Waals surface area contributed by atoms with Crippen molar-refractivity contribution in [3.63, 3.8) is 0 Å². The Labute approximate surface area is 106 Å². The second kappa shape index (κ2) is 6.69. The number of alkyl halides is 1. The number of amides is 1. The summed E-state index contributed by atoms with van der Waals surface area (Å²) in [7, 11) is 1.85. The molecule has 1 aromatic carbocycles. The lowest BCUT2D eigenvalue weighted by Gasteiger charge is -2.16. The van der Waals surface area contributed by atoms with Gasteiger partial charge in [-0.3, -0.25) is 4.79 Å². The summed E-state index contributed by atoms with van der Waals surface area (Å²) in [5.41, 5.74) is 2.51. The molecule has 0 heterocycles. The van der Waals surface area contributed by atoms with E-state index in [0.717, 1.165) is 11.8 Å². The van der Waals surface area contributed by atoms with Crippen LogP contribution in [0, 0.1) is 0 Å². The predicted molar refractivity (Wildman–Crippen MR) is 70.7 cm³/mol. The highest BCUT2D eigenvalue weighted by Gasteiger charge is 2.07. The summed E-state index contributed by atoms with van der Waals surface area (Å²) in [6, 6.07) is 8.43. The quantitative estimate of drug-likeness (QED) is 0.761. The van der Waals surface area contributed by atoms with Crippen LogP contribution in [-0.4, -0.2) is 23.2 Å². The van der Waals surface area contributed by atoms with Gasteiger partial charge in [-0.05, 0) is 17.5 Å². The number of carbonyl (C=O) groups is 1. The fourth-order valence-electron chi connectivity index (χ4n) is 1.51. The Balaban J connectivity index is 2.55. The topological polar surface area (TPSA) is 20.3 Å². The molecule has 0 aliphatic carbocycles. The molecule has 1 rings (SSSR count). The third-order valence-corrected chi connectivity index (χ3v) is 2.98. The molecule has 0 atom stereocenters. The van der Waals surface area contributed by atoms with Crippen molar-refractivity contribution in [1.82, 2.24) is 4.90 Å². The third kappa shape index (κ3) is 3.97. The van der Waals surface area contributed by atoms with Crippen LogP contribution in [-0.2, 0) is 17.8 Å². The van der Waals surface area contributed by atoms with Gasteiger partial charge in [0.25, 0.3) is 0 Å². The van der Waals surface area contributed by atoms with Gasteiger partial charge < -0.3 is 4.90 Å². The van der Waals surface area contributed by atoms with Crippen molar-refractivity contribution < 1.29 is 4.79 Å². The molecule has 0 bridgehead atoms. The van der Waals surface area contributed by atoms with Crippen LogP contribution in [0.1, 0.15) is 24.5 Å². The van der Waals surface area contributed by atoms with Gasteiger partial charge in [-0.1, -0.05) is 47.1 Å².